The van der Waals surface area contributed by atoms with Gasteiger partial charge in [-0.3, -0.25) is 0 Å². The topological polar surface area (TPSA) is 58.2 Å². The summed E-state index contributed by atoms with van der Waals surface area (Å²) in [5.74, 6) is 0. The maximum absolute atomic E-state index is 12.8. The molecule has 27 heavy (non-hydrogen) atoms. The number of anilines is 1. The molecule has 0 heterocycles. The predicted octanol–water partition coefficient (Wildman–Crippen LogP) is 4.55. The largest absolute Gasteiger partial charge is 0.416 e. The number of nitrogens with one attached hydrogen (secondary N) is 2. The summed E-state index contributed by atoms with van der Waals surface area (Å²) in [6.45, 7) is 1.91. The normalized spacial score (nSPS) is 13.1. The monoisotopic (exact) mass is 416 g/mol. The zero-order valence-electron chi connectivity index (χ0n) is 14.7. The highest BCUT2D eigenvalue weighted by Gasteiger charge is 2.30. The first-order valence-corrected chi connectivity index (χ1v) is 10.4. The van der Waals surface area contributed by atoms with E-state index in [0.29, 0.717) is 6.42 Å². The number of hydrogen-bond acceptors (Lipinski definition) is 3. The molecule has 0 aromatic heterocycles. The van der Waals surface area contributed by atoms with E-state index in [-0.39, 0.29) is 21.7 Å². The van der Waals surface area contributed by atoms with Gasteiger partial charge in [0.1, 0.15) is 0 Å². The molecule has 2 rings (SSSR count). The van der Waals surface area contributed by atoms with E-state index < -0.39 is 21.6 Å². The quantitative estimate of drug-likeness (QED) is 0.701. The highest BCUT2D eigenvalue weighted by Crippen LogP contribution is 2.30. The maximum atomic E-state index is 12.8. The summed E-state index contributed by atoms with van der Waals surface area (Å²) in [6, 6.07) is 10.9. The first kappa shape index (κ1) is 21.2. The van der Waals surface area contributed by atoms with Crippen molar-refractivity contribution >= 4 is 32.9 Å². The molecule has 2 aromatic carbocycles. The average molecular weight is 416 g/mol. The fraction of sp³-hybridized carbons (Fsp3) is 0.278. The van der Waals surface area contributed by atoms with Gasteiger partial charge in [-0.05, 0) is 54.5 Å². The zero-order valence-corrected chi connectivity index (χ0v) is 16.3. The number of rotatable bonds is 5. The molecule has 0 bridgehead atoms. The third kappa shape index (κ3) is 5.93. The predicted molar refractivity (Wildman–Crippen MR) is 103 cm³/mol. The van der Waals surface area contributed by atoms with Gasteiger partial charge in [0.2, 0.25) is 0 Å². The molecule has 0 amide bonds. The van der Waals surface area contributed by atoms with Gasteiger partial charge in [-0.25, -0.2) is 8.42 Å². The van der Waals surface area contributed by atoms with Gasteiger partial charge in [-0.1, -0.05) is 25.1 Å². The first-order chi connectivity index (χ1) is 12.5. The molecule has 1 unspecified atom stereocenters. The fourth-order valence-electron chi connectivity index (χ4n) is 2.47. The van der Waals surface area contributed by atoms with E-state index in [1.54, 1.807) is 12.1 Å². The van der Waals surface area contributed by atoms with Crippen molar-refractivity contribution in [3.05, 3.63) is 59.7 Å². The second kappa shape index (κ2) is 8.26. The minimum absolute atomic E-state index is 0.174. The molecule has 0 spiro atoms. The lowest BCUT2D eigenvalue weighted by Crippen LogP contribution is -2.32. The Morgan fingerprint density at radius 1 is 1.15 bits per heavy atom. The number of thiocarbonyl (C=S) groups is 1. The molecule has 9 heteroatoms. The summed E-state index contributed by atoms with van der Waals surface area (Å²) in [4.78, 5) is 0.214. The third-order valence-electron chi connectivity index (χ3n) is 3.87. The minimum Gasteiger partial charge on any atom is -0.356 e. The average Bonchev–Trinajstić information content (AvgIpc) is 2.58. The molecule has 4 nitrogen and oxygen atoms in total. The minimum atomic E-state index is -4.43. The second-order valence-corrected chi connectivity index (χ2v) is 8.40. The van der Waals surface area contributed by atoms with Crippen LogP contribution < -0.4 is 10.6 Å². The molecule has 0 radical (unpaired) electrons. The van der Waals surface area contributed by atoms with Crippen LogP contribution in [0.15, 0.2) is 53.4 Å². The van der Waals surface area contributed by atoms with Crippen molar-refractivity contribution in [1.29, 1.82) is 0 Å². The Morgan fingerprint density at radius 3 is 2.30 bits per heavy atom. The summed E-state index contributed by atoms with van der Waals surface area (Å²) < 4.78 is 61.4. The van der Waals surface area contributed by atoms with E-state index in [4.69, 9.17) is 12.2 Å². The van der Waals surface area contributed by atoms with Crippen molar-refractivity contribution in [2.75, 3.05) is 11.6 Å². The molecule has 0 aliphatic heterocycles. The SMILES string of the molecule is CCC(NC(=S)Nc1cccc(C(F)(F)F)c1)c1ccc(S(C)(=O)=O)cc1. The lowest BCUT2D eigenvalue weighted by atomic mass is 10.1. The van der Waals surface area contributed by atoms with Crippen molar-refractivity contribution in [2.45, 2.75) is 30.5 Å². The van der Waals surface area contributed by atoms with Crippen LogP contribution in [0.5, 0.6) is 0 Å². The fourth-order valence-corrected chi connectivity index (χ4v) is 3.36. The van der Waals surface area contributed by atoms with E-state index >= 15 is 0 Å². The van der Waals surface area contributed by atoms with Crippen molar-refractivity contribution in [3.8, 4) is 0 Å². The molecule has 0 saturated carbocycles. The Kier molecular flexibility index (Phi) is 6.48. The van der Waals surface area contributed by atoms with Crippen molar-refractivity contribution in [3.63, 3.8) is 0 Å². The van der Waals surface area contributed by atoms with Crippen LogP contribution >= 0.6 is 12.2 Å². The van der Waals surface area contributed by atoms with E-state index in [9.17, 15) is 21.6 Å². The van der Waals surface area contributed by atoms with E-state index in [1.165, 1.54) is 24.3 Å². The molecule has 2 N–H and O–H groups in total. The van der Waals surface area contributed by atoms with Crippen molar-refractivity contribution < 1.29 is 21.6 Å². The standard InChI is InChI=1S/C18H19F3N2O2S2/c1-3-16(12-7-9-15(10-8-12)27(2,24)25)23-17(26)22-14-6-4-5-13(11-14)18(19,20)21/h4-11,16H,3H2,1-2H3,(H2,22,23,26). The Labute approximate surface area is 161 Å². The van der Waals surface area contributed by atoms with Gasteiger partial charge in [0, 0.05) is 11.9 Å². The molecule has 0 aliphatic rings. The number of alkyl halides is 3. The third-order valence-corrected chi connectivity index (χ3v) is 5.22. The molecule has 2 aromatic rings. The van der Waals surface area contributed by atoms with Crippen LogP contribution in [0.25, 0.3) is 0 Å². The van der Waals surface area contributed by atoms with Gasteiger partial charge in [-0.2, -0.15) is 13.2 Å². The summed E-state index contributed by atoms with van der Waals surface area (Å²) in [7, 11) is -3.28. The molecular formula is C18H19F3N2O2S2. The number of halogens is 3. The van der Waals surface area contributed by atoms with Gasteiger partial charge in [0.05, 0.1) is 16.5 Å². The first-order valence-electron chi connectivity index (χ1n) is 8.05. The number of benzene rings is 2. The summed E-state index contributed by atoms with van der Waals surface area (Å²) in [5.41, 5.74) is 0.279. The van der Waals surface area contributed by atoms with Crippen LogP contribution in [-0.2, 0) is 16.0 Å². The Balaban J connectivity index is 2.09. The summed E-state index contributed by atoms with van der Waals surface area (Å²) >= 11 is 5.20. The van der Waals surface area contributed by atoms with Gasteiger partial charge < -0.3 is 10.6 Å². The Hall–Kier alpha value is -2.13. The van der Waals surface area contributed by atoms with Crippen molar-refractivity contribution in [1.82, 2.24) is 5.32 Å². The van der Waals surface area contributed by atoms with Gasteiger partial charge in [0.15, 0.2) is 14.9 Å². The van der Waals surface area contributed by atoms with Crippen molar-refractivity contribution in [2.24, 2.45) is 0 Å². The summed E-state index contributed by atoms with van der Waals surface area (Å²) in [5, 5.41) is 5.96. The molecule has 0 fully saturated rings. The van der Waals surface area contributed by atoms with Crippen LogP contribution in [0, 0.1) is 0 Å². The molecule has 146 valence electrons. The van der Waals surface area contributed by atoms with Crippen LogP contribution in [0.2, 0.25) is 0 Å². The van der Waals surface area contributed by atoms with Crippen LogP contribution in [0.4, 0.5) is 18.9 Å². The lowest BCUT2D eigenvalue weighted by molar-refractivity contribution is -0.137. The number of sulfone groups is 1. The molecule has 0 saturated heterocycles. The molecule has 0 aliphatic carbocycles. The highest BCUT2D eigenvalue weighted by molar-refractivity contribution is 7.90. The van der Waals surface area contributed by atoms with Gasteiger partial charge in [-0.15, -0.1) is 0 Å². The maximum Gasteiger partial charge on any atom is 0.416 e. The van der Waals surface area contributed by atoms with Gasteiger partial charge in [0.25, 0.3) is 0 Å². The van der Waals surface area contributed by atoms with E-state index in [0.717, 1.165) is 24.0 Å². The van der Waals surface area contributed by atoms with E-state index in [1.807, 2.05) is 6.92 Å². The highest BCUT2D eigenvalue weighted by atomic mass is 32.2. The zero-order chi connectivity index (χ0) is 20.2. The second-order valence-electron chi connectivity index (χ2n) is 5.98. The Bertz CT molecular complexity index is 911. The van der Waals surface area contributed by atoms with Crippen LogP contribution in [-0.4, -0.2) is 19.8 Å². The van der Waals surface area contributed by atoms with E-state index in [2.05, 4.69) is 10.6 Å². The molecule has 1 atom stereocenters. The number of hydrogen-bond donors (Lipinski definition) is 2. The molecular weight excluding hydrogens is 397 g/mol. The smallest absolute Gasteiger partial charge is 0.356 e. The van der Waals surface area contributed by atoms with Crippen LogP contribution in [0.1, 0.15) is 30.5 Å². The van der Waals surface area contributed by atoms with Crippen LogP contribution in [0.3, 0.4) is 0 Å². The summed E-state index contributed by atoms with van der Waals surface area (Å²) in [6.07, 6.45) is -2.66. The Morgan fingerprint density at radius 2 is 1.78 bits per heavy atom. The van der Waals surface area contributed by atoms with Gasteiger partial charge >= 0.3 is 6.18 Å². The lowest BCUT2D eigenvalue weighted by Gasteiger charge is -2.20.